The van der Waals surface area contributed by atoms with Crippen molar-refractivity contribution in [1.29, 1.82) is 0 Å². The fourth-order valence-corrected chi connectivity index (χ4v) is 3.78. The van der Waals surface area contributed by atoms with E-state index < -0.39 is 0 Å². The van der Waals surface area contributed by atoms with Crippen LogP contribution in [0.25, 0.3) is 16.5 Å². The number of allylic oxidation sites excluding steroid dienone is 2. The molecule has 2 aromatic carbocycles. The lowest BCUT2D eigenvalue weighted by atomic mass is 9.90. The van der Waals surface area contributed by atoms with Gasteiger partial charge in [0.25, 0.3) is 5.91 Å². The molecule has 1 aliphatic carbocycles. The van der Waals surface area contributed by atoms with Gasteiger partial charge in [-0.3, -0.25) is 4.79 Å². The normalized spacial score (nSPS) is 12.5. The first kappa shape index (κ1) is 20.9. The Labute approximate surface area is 175 Å². The second-order valence-corrected chi connectivity index (χ2v) is 7.81. The van der Waals surface area contributed by atoms with E-state index in [0.29, 0.717) is 5.92 Å². The Morgan fingerprint density at radius 1 is 1.07 bits per heavy atom. The van der Waals surface area contributed by atoms with Gasteiger partial charge in [0.1, 0.15) is 0 Å². The van der Waals surface area contributed by atoms with Crippen LogP contribution in [0.2, 0.25) is 0 Å². The molecule has 0 aliphatic heterocycles. The summed E-state index contributed by atoms with van der Waals surface area (Å²) in [5.41, 5.74) is 8.70. The first-order valence-corrected chi connectivity index (χ1v) is 10.4. The number of carbonyl (C=O) groups excluding carboxylic acids is 1. The average Bonchev–Trinajstić information content (AvgIpc) is 3.50. The molecule has 1 aromatic heterocycles. The Hall–Kier alpha value is -2.81. The fourth-order valence-electron chi connectivity index (χ4n) is 3.78. The van der Waals surface area contributed by atoms with E-state index in [-0.39, 0.29) is 7.33 Å². The molecule has 3 heteroatoms. The van der Waals surface area contributed by atoms with Crippen molar-refractivity contribution in [3.63, 3.8) is 0 Å². The van der Waals surface area contributed by atoms with Crippen molar-refractivity contribution in [2.75, 3.05) is 5.32 Å². The van der Waals surface area contributed by atoms with Gasteiger partial charge in [0.2, 0.25) is 0 Å². The molecule has 1 N–H and O–H groups in total. The van der Waals surface area contributed by atoms with E-state index in [9.17, 15) is 4.79 Å². The molecule has 1 aliphatic rings. The molecular formula is C26H33N2O. The first-order chi connectivity index (χ1) is 13.8. The predicted octanol–water partition coefficient (Wildman–Crippen LogP) is 7.04. The number of nitrogens with one attached hydrogen (secondary N) is 1. The number of anilines is 1. The lowest BCUT2D eigenvalue weighted by molar-refractivity contribution is 0.102. The minimum Gasteiger partial charge on any atom is -0.350 e. The van der Waals surface area contributed by atoms with E-state index in [1.54, 1.807) is 0 Å². The van der Waals surface area contributed by atoms with Gasteiger partial charge < -0.3 is 9.88 Å². The summed E-state index contributed by atoms with van der Waals surface area (Å²) in [7, 11) is 2.04. The number of aromatic nitrogens is 1. The summed E-state index contributed by atoms with van der Waals surface area (Å²) in [4.78, 5) is 13.0. The largest absolute Gasteiger partial charge is 0.350 e. The van der Waals surface area contributed by atoms with Gasteiger partial charge in [-0.2, -0.15) is 0 Å². The van der Waals surface area contributed by atoms with Crippen molar-refractivity contribution < 1.29 is 6.22 Å². The smallest absolute Gasteiger partial charge is 0.255 e. The lowest BCUT2D eigenvalue weighted by Gasteiger charge is -2.16. The van der Waals surface area contributed by atoms with Gasteiger partial charge in [-0.25, -0.2) is 0 Å². The zero-order valence-electron chi connectivity index (χ0n) is 18.6. The number of rotatable bonds is 4. The molecule has 29 heavy (non-hydrogen) atoms. The van der Waals surface area contributed by atoms with E-state index in [4.69, 9.17) is 0 Å². The summed E-state index contributed by atoms with van der Waals surface area (Å²) >= 11 is 0. The van der Waals surface area contributed by atoms with Crippen LogP contribution in [0.4, 0.5) is 5.69 Å². The molecular weight excluding hydrogens is 356 g/mol. The van der Waals surface area contributed by atoms with Gasteiger partial charge in [0, 0.05) is 43.2 Å². The Kier molecular flexibility index (Phi) is 5.97. The van der Waals surface area contributed by atoms with Crippen LogP contribution >= 0.6 is 0 Å². The third-order valence-corrected chi connectivity index (χ3v) is 5.35. The minimum atomic E-state index is -0.0531. The van der Waals surface area contributed by atoms with E-state index in [1.807, 2.05) is 33.9 Å². The van der Waals surface area contributed by atoms with Crippen LogP contribution < -0.4 is 5.32 Å². The van der Waals surface area contributed by atoms with Crippen molar-refractivity contribution in [3.8, 4) is 0 Å². The highest BCUT2D eigenvalue weighted by Gasteiger charge is 2.21. The van der Waals surface area contributed by atoms with Gasteiger partial charge in [0.15, 0.2) is 0 Å². The number of hydrogen-bond donors (Lipinski definition) is 1. The molecule has 4 rings (SSSR count). The van der Waals surface area contributed by atoms with Crippen molar-refractivity contribution >= 4 is 28.1 Å². The predicted molar refractivity (Wildman–Crippen MR) is 127 cm³/mol. The Morgan fingerprint density at radius 2 is 1.76 bits per heavy atom. The highest BCUT2D eigenvalue weighted by atomic mass is 16.1. The van der Waals surface area contributed by atoms with E-state index in [0.717, 1.165) is 16.8 Å². The maximum atomic E-state index is 13.0. The SMILES string of the molecule is CC.Cc1cc(C2=C[CH]2)c(C(C)C)cc1C(=O)Nc1ccc2c(c1)c(C)cn2C.[HH]. The molecule has 0 unspecified atom stereocenters. The third-order valence-electron chi connectivity index (χ3n) is 5.35. The summed E-state index contributed by atoms with van der Waals surface area (Å²) in [6.45, 7) is 12.4. The number of hydrogen-bond acceptors (Lipinski definition) is 1. The van der Waals surface area contributed by atoms with E-state index in [2.05, 4.69) is 73.6 Å². The summed E-state index contributed by atoms with van der Waals surface area (Å²) in [5.74, 6) is 0.313. The molecule has 3 nitrogen and oxygen atoms in total. The molecule has 0 saturated carbocycles. The zero-order valence-corrected chi connectivity index (χ0v) is 18.6. The molecule has 0 fully saturated rings. The fraction of sp³-hybridized carbons (Fsp3) is 0.308. The van der Waals surface area contributed by atoms with Crippen molar-refractivity contribution in [1.82, 2.24) is 4.57 Å². The molecule has 0 saturated heterocycles. The number of amides is 1. The maximum Gasteiger partial charge on any atom is 0.255 e. The van der Waals surface area contributed by atoms with E-state index >= 15 is 0 Å². The maximum absolute atomic E-state index is 13.0. The highest BCUT2D eigenvalue weighted by molar-refractivity contribution is 6.07. The van der Waals surface area contributed by atoms with Gasteiger partial charge >= 0.3 is 0 Å². The minimum absolute atomic E-state index is 0. The van der Waals surface area contributed by atoms with Crippen LogP contribution in [0.5, 0.6) is 0 Å². The summed E-state index contributed by atoms with van der Waals surface area (Å²) in [6.07, 6.45) is 6.35. The molecule has 153 valence electrons. The topological polar surface area (TPSA) is 34.0 Å². The Morgan fingerprint density at radius 3 is 2.38 bits per heavy atom. The molecule has 1 radical (unpaired) electrons. The molecule has 1 amide bonds. The van der Waals surface area contributed by atoms with Gasteiger partial charge in [0.05, 0.1) is 0 Å². The van der Waals surface area contributed by atoms with Crippen LogP contribution in [0.1, 0.15) is 67.7 Å². The number of aryl methyl sites for hydroxylation is 3. The van der Waals surface area contributed by atoms with Crippen LogP contribution in [0.15, 0.2) is 42.6 Å². The van der Waals surface area contributed by atoms with Gasteiger partial charge in [-0.05, 0) is 71.9 Å². The van der Waals surface area contributed by atoms with Crippen LogP contribution in [0.3, 0.4) is 0 Å². The van der Waals surface area contributed by atoms with Gasteiger partial charge in [-0.15, -0.1) is 0 Å². The van der Waals surface area contributed by atoms with Crippen LogP contribution in [0, 0.1) is 20.3 Å². The van der Waals surface area contributed by atoms with Crippen molar-refractivity contribution in [3.05, 3.63) is 76.8 Å². The Bertz CT molecular complexity index is 1110. The van der Waals surface area contributed by atoms with Crippen LogP contribution in [-0.4, -0.2) is 10.5 Å². The lowest BCUT2D eigenvalue weighted by Crippen LogP contribution is -2.14. The number of fused-ring (bicyclic) bond motifs is 1. The number of nitrogens with zero attached hydrogens (tertiary/aromatic N) is 1. The summed E-state index contributed by atoms with van der Waals surface area (Å²) in [6, 6.07) is 10.3. The summed E-state index contributed by atoms with van der Waals surface area (Å²) < 4.78 is 2.11. The zero-order chi connectivity index (χ0) is 21.3. The monoisotopic (exact) mass is 389 g/mol. The molecule has 0 atom stereocenters. The van der Waals surface area contributed by atoms with Crippen LogP contribution in [-0.2, 0) is 7.05 Å². The highest BCUT2D eigenvalue weighted by Crippen LogP contribution is 2.37. The first-order valence-electron chi connectivity index (χ1n) is 10.4. The molecule has 3 aromatic rings. The standard InChI is InChI=1S/C24H25N2O.C2H6.H2/c1-14(2)19-12-21(15(3)10-22(19)17-6-7-17)24(27)25-18-8-9-23-20(11-18)16(4)13-26(23)5;1-2;/h6-14H,1-5H3,(H,25,27);1-2H3;1H. The number of carbonyl (C=O) groups is 1. The summed E-state index contributed by atoms with van der Waals surface area (Å²) in [5, 5.41) is 4.26. The second kappa shape index (κ2) is 8.28. The van der Waals surface area contributed by atoms with Gasteiger partial charge in [-0.1, -0.05) is 39.8 Å². The molecule has 0 bridgehead atoms. The van der Waals surface area contributed by atoms with Crippen molar-refractivity contribution in [2.24, 2.45) is 7.05 Å². The molecule has 1 heterocycles. The van der Waals surface area contributed by atoms with Crippen molar-refractivity contribution in [2.45, 2.75) is 47.5 Å². The Balaban J connectivity index is 0.00000104. The second-order valence-electron chi connectivity index (χ2n) is 7.81. The average molecular weight is 390 g/mol. The van der Waals surface area contributed by atoms with E-state index in [1.165, 1.54) is 33.2 Å². The molecule has 0 spiro atoms. The number of benzene rings is 2. The quantitative estimate of drug-likeness (QED) is 0.510. The third kappa shape index (κ3) is 4.14.